The number of hydrogen-bond acceptors (Lipinski definition) is 2. The molecular weight excluding hydrogens is 210 g/mol. The molecule has 1 aromatic carbocycles. The van der Waals surface area contributed by atoms with E-state index in [4.69, 9.17) is 4.74 Å². The SMILES string of the molecule is CCC(C)(OC)C(NC)c1cc(C)cc(C)c1. The van der Waals surface area contributed by atoms with E-state index in [1.165, 1.54) is 16.7 Å². The first-order chi connectivity index (χ1) is 7.96. The van der Waals surface area contributed by atoms with Crippen molar-refractivity contribution in [3.05, 3.63) is 34.9 Å². The second-order valence-corrected chi connectivity index (χ2v) is 5.01. The number of hydrogen-bond donors (Lipinski definition) is 1. The lowest BCUT2D eigenvalue weighted by Gasteiger charge is -2.36. The fraction of sp³-hybridized carbons (Fsp3) is 0.600. The summed E-state index contributed by atoms with van der Waals surface area (Å²) >= 11 is 0. The van der Waals surface area contributed by atoms with Crippen molar-refractivity contribution in [2.75, 3.05) is 14.2 Å². The van der Waals surface area contributed by atoms with Gasteiger partial charge in [0.05, 0.1) is 11.6 Å². The number of nitrogens with one attached hydrogen (secondary N) is 1. The van der Waals surface area contributed by atoms with Gasteiger partial charge in [0.1, 0.15) is 0 Å². The van der Waals surface area contributed by atoms with Crippen LogP contribution in [0.3, 0.4) is 0 Å². The molecule has 0 aliphatic rings. The predicted molar refractivity (Wildman–Crippen MR) is 73.4 cm³/mol. The first kappa shape index (κ1) is 14.2. The van der Waals surface area contributed by atoms with Gasteiger partial charge in [-0.05, 0) is 39.8 Å². The van der Waals surface area contributed by atoms with Crippen LogP contribution in [-0.4, -0.2) is 19.8 Å². The van der Waals surface area contributed by atoms with Crippen molar-refractivity contribution in [1.82, 2.24) is 5.32 Å². The lowest BCUT2D eigenvalue weighted by molar-refractivity contribution is -0.0280. The van der Waals surface area contributed by atoms with Gasteiger partial charge in [0.2, 0.25) is 0 Å². The van der Waals surface area contributed by atoms with Crippen molar-refractivity contribution in [3.63, 3.8) is 0 Å². The molecule has 0 amide bonds. The van der Waals surface area contributed by atoms with E-state index in [1.54, 1.807) is 7.11 Å². The van der Waals surface area contributed by atoms with Crippen LogP contribution in [0.2, 0.25) is 0 Å². The molecule has 1 rings (SSSR count). The Morgan fingerprint density at radius 2 is 1.76 bits per heavy atom. The minimum absolute atomic E-state index is 0.172. The molecule has 0 aliphatic heterocycles. The van der Waals surface area contributed by atoms with Gasteiger partial charge in [-0.1, -0.05) is 36.2 Å². The van der Waals surface area contributed by atoms with Crippen LogP contribution in [0.15, 0.2) is 18.2 Å². The molecule has 0 aliphatic carbocycles. The lowest BCUT2D eigenvalue weighted by Crippen LogP contribution is -2.41. The van der Waals surface area contributed by atoms with Crippen LogP contribution in [0.25, 0.3) is 0 Å². The molecule has 0 saturated carbocycles. The lowest BCUT2D eigenvalue weighted by atomic mass is 9.86. The van der Waals surface area contributed by atoms with Crippen molar-refractivity contribution < 1.29 is 4.74 Å². The van der Waals surface area contributed by atoms with Crippen LogP contribution >= 0.6 is 0 Å². The Balaban J connectivity index is 3.17. The molecule has 0 saturated heterocycles. The van der Waals surface area contributed by atoms with Crippen LogP contribution in [0, 0.1) is 13.8 Å². The topological polar surface area (TPSA) is 21.3 Å². The zero-order valence-corrected chi connectivity index (χ0v) is 11.9. The fourth-order valence-corrected chi connectivity index (χ4v) is 2.47. The molecule has 2 nitrogen and oxygen atoms in total. The third kappa shape index (κ3) is 3.08. The van der Waals surface area contributed by atoms with Crippen molar-refractivity contribution in [2.24, 2.45) is 0 Å². The highest BCUT2D eigenvalue weighted by Crippen LogP contribution is 2.32. The van der Waals surface area contributed by atoms with Gasteiger partial charge in [-0.15, -0.1) is 0 Å². The zero-order valence-electron chi connectivity index (χ0n) is 11.9. The molecule has 2 heteroatoms. The van der Waals surface area contributed by atoms with Crippen LogP contribution in [0.1, 0.15) is 43.0 Å². The number of methoxy groups -OCH3 is 1. The van der Waals surface area contributed by atoms with Crippen LogP contribution in [-0.2, 0) is 4.74 Å². The number of benzene rings is 1. The average Bonchev–Trinajstić information content (AvgIpc) is 2.28. The van der Waals surface area contributed by atoms with E-state index in [0.29, 0.717) is 0 Å². The summed E-state index contributed by atoms with van der Waals surface area (Å²) in [5.74, 6) is 0. The highest BCUT2D eigenvalue weighted by atomic mass is 16.5. The first-order valence-corrected chi connectivity index (χ1v) is 6.27. The Morgan fingerprint density at radius 3 is 2.12 bits per heavy atom. The van der Waals surface area contributed by atoms with E-state index in [1.807, 2.05) is 7.05 Å². The van der Waals surface area contributed by atoms with E-state index in [-0.39, 0.29) is 11.6 Å². The second-order valence-electron chi connectivity index (χ2n) is 5.01. The van der Waals surface area contributed by atoms with Gasteiger partial charge in [-0.2, -0.15) is 0 Å². The summed E-state index contributed by atoms with van der Waals surface area (Å²) in [4.78, 5) is 0. The average molecular weight is 235 g/mol. The minimum Gasteiger partial charge on any atom is -0.377 e. The molecule has 0 aromatic heterocycles. The fourth-order valence-electron chi connectivity index (χ4n) is 2.47. The highest BCUT2D eigenvalue weighted by molar-refractivity contribution is 5.32. The molecular formula is C15H25NO. The summed E-state index contributed by atoms with van der Waals surface area (Å²) in [6, 6.07) is 6.89. The number of ether oxygens (including phenoxy) is 1. The summed E-state index contributed by atoms with van der Waals surface area (Å²) in [7, 11) is 3.78. The second kappa shape index (κ2) is 5.65. The summed E-state index contributed by atoms with van der Waals surface area (Å²) in [6.45, 7) is 8.60. The van der Waals surface area contributed by atoms with Crippen LogP contribution in [0.4, 0.5) is 0 Å². The maximum atomic E-state index is 5.71. The van der Waals surface area contributed by atoms with Gasteiger partial charge >= 0.3 is 0 Å². The maximum Gasteiger partial charge on any atom is 0.0841 e. The molecule has 1 N–H and O–H groups in total. The molecule has 0 heterocycles. The minimum atomic E-state index is -0.172. The van der Waals surface area contributed by atoms with E-state index < -0.39 is 0 Å². The molecule has 2 unspecified atom stereocenters. The number of rotatable bonds is 5. The Hall–Kier alpha value is -0.860. The van der Waals surface area contributed by atoms with Crippen LogP contribution in [0.5, 0.6) is 0 Å². The first-order valence-electron chi connectivity index (χ1n) is 6.27. The van der Waals surface area contributed by atoms with Crippen molar-refractivity contribution in [3.8, 4) is 0 Å². The summed E-state index contributed by atoms with van der Waals surface area (Å²) in [6.07, 6.45) is 0.974. The van der Waals surface area contributed by atoms with Gasteiger partial charge in [0.25, 0.3) is 0 Å². The van der Waals surface area contributed by atoms with Crippen molar-refractivity contribution >= 4 is 0 Å². The van der Waals surface area contributed by atoms with Gasteiger partial charge in [-0.3, -0.25) is 0 Å². The zero-order chi connectivity index (χ0) is 13.1. The van der Waals surface area contributed by atoms with Gasteiger partial charge in [0, 0.05) is 7.11 Å². The summed E-state index contributed by atoms with van der Waals surface area (Å²) in [5, 5.41) is 3.39. The van der Waals surface area contributed by atoms with Gasteiger partial charge in [0.15, 0.2) is 0 Å². The van der Waals surface area contributed by atoms with Crippen molar-refractivity contribution in [1.29, 1.82) is 0 Å². The molecule has 2 atom stereocenters. The number of aryl methyl sites for hydroxylation is 2. The molecule has 1 aromatic rings. The summed E-state index contributed by atoms with van der Waals surface area (Å²) in [5.41, 5.74) is 3.73. The predicted octanol–water partition coefficient (Wildman–Crippen LogP) is 3.38. The molecule has 17 heavy (non-hydrogen) atoms. The normalized spacial score (nSPS) is 16.6. The Morgan fingerprint density at radius 1 is 1.24 bits per heavy atom. The Labute approximate surface area is 105 Å². The molecule has 96 valence electrons. The number of likely N-dealkylation sites (N-methyl/N-ethyl adjacent to an activating group) is 1. The molecule has 0 fully saturated rings. The maximum absolute atomic E-state index is 5.71. The van der Waals surface area contributed by atoms with Crippen molar-refractivity contribution in [2.45, 2.75) is 45.8 Å². The van der Waals surface area contributed by atoms with E-state index in [9.17, 15) is 0 Å². The molecule has 0 spiro atoms. The monoisotopic (exact) mass is 235 g/mol. The van der Waals surface area contributed by atoms with Gasteiger partial charge < -0.3 is 10.1 Å². The Kier molecular flexibility index (Phi) is 4.72. The molecule has 0 radical (unpaired) electrons. The quantitative estimate of drug-likeness (QED) is 0.844. The van der Waals surface area contributed by atoms with E-state index in [0.717, 1.165) is 6.42 Å². The third-order valence-electron chi connectivity index (χ3n) is 3.65. The molecule has 0 bridgehead atoms. The standard InChI is InChI=1S/C15H25NO/c1-7-15(4,17-6)14(16-5)13-9-11(2)8-12(3)10-13/h8-10,14,16H,7H2,1-6H3. The van der Waals surface area contributed by atoms with Crippen LogP contribution < -0.4 is 5.32 Å². The van der Waals surface area contributed by atoms with Gasteiger partial charge in [-0.25, -0.2) is 0 Å². The third-order valence-corrected chi connectivity index (χ3v) is 3.65. The van der Waals surface area contributed by atoms with E-state index in [2.05, 4.69) is 51.2 Å². The summed E-state index contributed by atoms with van der Waals surface area (Å²) < 4.78 is 5.71. The van der Waals surface area contributed by atoms with E-state index >= 15 is 0 Å². The Bertz CT molecular complexity index is 349. The largest absolute Gasteiger partial charge is 0.377 e. The smallest absolute Gasteiger partial charge is 0.0841 e. The highest BCUT2D eigenvalue weighted by Gasteiger charge is 2.32.